The average molecular weight is 256 g/mol. The van der Waals surface area contributed by atoms with E-state index in [2.05, 4.69) is 5.32 Å². The summed E-state index contributed by atoms with van der Waals surface area (Å²) in [5.74, 6) is -1.54. The topological polar surface area (TPSA) is 98.5 Å². The molecule has 0 saturated heterocycles. The highest BCUT2D eigenvalue weighted by Gasteiger charge is 2.34. The molecule has 1 aliphatic carbocycles. The van der Waals surface area contributed by atoms with Crippen LogP contribution in [0.15, 0.2) is 0 Å². The Bertz CT molecular complexity index is 339. The predicted molar refractivity (Wildman–Crippen MR) is 64.3 cm³/mol. The number of hydrogen-bond acceptors (Lipinski definition) is 4. The van der Waals surface area contributed by atoms with Crippen molar-refractivity contribution in [2.45, 2.75) is 39.2 Å². The van der Waals surface area contributed by atoms with Gasteiger partial charge in [0, 0.05) is 5.92 Å². The van der Waals surface area contributed by atoms with E-state index in [0.717, 1.165) is 12.8 Å². The van der Waals surface area contributed by atoms with Gasteiger partial charge in [0.25, 0.3) is 0 Å². The summed E-state index contributed by atoms with van der Waals surface area (Å²) in [6.45, 7) is 3.70. The number of nitrogens with one attached hydrogen (secondary N) is 1. The molecule has 0 heterocycles. The SMILES string of the molecule is CCOC(=O)C[C@@H](C)[C@H](NC(=O)C1CC1)C(N)=O. The minimum absolute atomic E-state index is 0.00152. The van der Waals surface area contributed by atoms with Crippen molar-refractivity contribution in [1.29, 1.82) is 0 Å². The summed E-state index contributed by atoms with van der Waals surface area (Å²) in [5, 5.41) is 2.60. The van der Waals surface area contributed by atoms with E-state index in [1.54, 1.807) is 13.8 Å². The number of esters is 1. The first-order valence-corrected chi connectivity index (χ1v) is 6.21. The fraction of sp³-hybridized carbons (Fsp3) is 0.750. The van der Waals surface area contributed by atoms with Gasteiger partial charge in [-0.1, -0.05) is 6.92 Å². The minimum Gasteiger partial charge on any atom is -0.466 e. The molecule has 0 spiro atoms. The Labute approximate surface area is 106 Å². The van der Waals surface area contributed by atoms with Gasteiger partial charge in [0.1, 0.15) is 6.04 Å². The molecule has 3 N–H and O–H groups in total. The summed E-state index contributed by atoms with van der Waals surface area (Å²) in [6.07, 6.45) is 1.76. The second-order valence-corrected chi connectivity index (χ2v) is 4.65. The largest absolute Gasteiger partial charge is 0.466 e. The molecule has 0 aromatic rings. The summed E-state index contributed by atoms with van der Waals surface area (Å²) in [6, 6.07) is -0.817. The zero-order valence-electron chi connectivity index (χ0n) is 10.8. The van der Waals surface area contributed by atoms with Crippen LogP contribution in [0.1, 0.15) is 33.1 Å². The maximum absolute atomic E-state index is 11.6. The molecule has 0 radical (unpaired) electrons. The lowest BCUT2D eigenvalue weighted by atomic mass is 9.97. The Hall–Kier alpha value is -1.59. The van der Waals surface area contributed by atoms with E-state index in [1.807, 2.05) is 0 Å². The van der Waals surface area contributed by atoms with E-state index < -0.39 is 17.9 Å². The number of hydrogen-bond donors (Lipinski definition) is 2. The Morgan fingerprint density at radius 2 is 2.00 bits per heavy atom. The summed E-state index contributed by atoms with van der Waals surface area (Å²) in [7, 11) is 0. The third-order valence-corrected chi connectivity index (χ3v) is 2.92. The van der Waals surface area contributed by atoms with Crippen molar-refractivity contribution < 1.29 is 19.1 Å². The molecule has 0 unspecified atom stereocenters. The maximum Gasteiger partial charge on any atom is 0.306 e. The van der Waals surface area contributed by atoms with E-state index in [4.69, 9.17) is 10.5 Å². The van der Waals surface area contributed by atoms with Crippen molar-refractivity contribution in [2.75, 3.05) is 6.61 Å². The van der Waals surface area contributed by atoms with E-state index in [-0.39, 0.29) is 24.2 Å². The molecule has 0 aromatic carbocycles. The number of primary amides is 1. The smallest absolute Gasteiger partial charge is 0.306 e. The van der Waals surface area contributed by atoms with Gasteiger partial charge >= 0.3 is 5.97 Å². The van der Waals surface area contributed by atoms with Crippen molar-refractivity contribution in [1.82, 2.24) is 5.32 Å². The van der Waals surface area contributed by atoms with Gasteiger partial charge in [0.05, 0.1) is 13.0 Å². The van der Waals surface area contributed by atoms with Gasteiger partial charge in [-0.05, 0) is 25.7 Å². The van der Waals surface area contributed by atoms with Crippen LogP contribution < -0.4 is 11.1 Å². The Morgan fingerprint density at radius 1 is 1.39 bits per heavy atom. The lowest BCUT2D eigenvalue weighted by molar-refractivity contribution is -0.145. The monoisotopic (exact) mass is 256 g/mol. The first-order chi connectivity index (χ1) is 8.45. The molecule has 2 atom stereocenters. The van der Waals surface area contributed by atoms with Gasteiger partial charge in [-0.3, -0.25) is 14.4 Å². The number of carbonyl (C=O) groups is 3. The van der Waals surface area contributed by atoms with Crippen molar-refractivity contribution in [3.8, 4) is 0 Å². The fourth-order valence-corrected chi connectivity index (χ4v) is 1.71. The zero-order chi connectivity index (χ0) is 13.7. The summed E-state index contributed by atoms with van der Waals surface area (Å²) >= 11 is 0. The lowest BCUT2D eigenvalue weighted by Gasteiger charge is -2.21. The molecule has 18 heavy (non-hydrogen) atoms. The quantitative estimate of drug-likeness (QED) is 0.624. The number of amides is 2. The van der Waals surface area contributed by atoms with Crippen LogP contribution in [-0.2, 0) is 19.1 Å². The van der Waals surface area contributed by atoms with Crippen molar-refractivity contribution >= 4 is 17.8 Å². The summed E-state index contributed by atoms with van der Waals surface area (Å²) < 4.78 is 4.80. The molecule has 0 aromatic heterocycles. The van der Waals surface area contributed by atoms with Gasteiger partial charge in [0.2, 0.25) is 11.8 Å². The highest BCUT2D eigenvalue weighted by molar-refractivity contribution is 5.89. The van der Waals surface area contributed by atoms with Gasteiger partial charge in [0.15, 0.2) is 0 Å². The normalized spacial score (nSPS) is 17.7. The van der Waals surface area contributed by atoms with Gasteiger partial charge in [-0.15, -0.1) is 0 Å². The molecule has 1 fully saturated rings. The second kappa shape index (κ2) is 6.37. The highest BCUT2D eigenvalue weighted by Crippen LogP contribution is 2.29. The molecule has 6 heteroatoms. The second-order valence-electron chi connectivity index (χ2n) is 4.65. The van der Waals surface area contributed by atoms with Crippen LogP contribution in [-0.4, -0.2) is 30.4 Å². The third-order valence-electron chi connectivity index (χ3n) is 2.92. The first kappa shape index (κ1) is 14.5. The van der Waals surface area contributed by atoms with Crippen molar-refractivity contribution in [3.05, 3.63) is 0 Å². The molecular formula is C12H20N2O4. The molecule has 0 bridgehead atoms. The molecule has 1 aliphatic rings. The van der Waals surface area contributed by atoms with Crippen molar-refractivity contribution in [3.63, 3.8) is 0 Å². The summed E-state index contributed by atoms with van der Waals surface area (Å²) in [4.78, 5) is 34.2. The van der Waals surface area contributed by atoms with Crippen LogP contribution in [0.3, 0.4) is 0 Å². The predicted octanol–water partition coefficient (Wildman–Crippen LogP) is -0.0442. The molecular weight excluding hydrogens is 236 g/mol. The average Bonchev–Trinajstić information content (AvgIpc) is 3.08. The van der Waals surface area contributed by atoms with Gasteiger partial charge in [-0.25, -0.2) is 0 Å². The Kier molecular flexibility index (Phi) is 5.12. The third kappa shape index (κ3) is 4.35. The number of ether oxygens (including phenoxy) is 1. The Morgan fingerprint density at radius 3 is 2.44 bits per heavy atom. The number of nitrogens with two attached hydrogens (primary N) is 1. The van der Waals surface area contributed by atoms with Crippen LogP contribution in [0.4, 0.5) is 0 Å². The fourth-order valence-electron chi connectivity index (χ4n) is 1.71. The highest BCUT2D eigenvalue weighted by atomic mass is 16.5. The number of rotatable bonds is 7. The molecule has 1 rings (SSSR count). The lowest BCUT2D eigenvalue weighted by Crippen LogP contribution is -2.49. The minimum atomic E-state index is -0.817. The van der Waals surface area contributed by atoms with E-state index in [9.17, 15) is 14.4 Å². The van der Waals surface area contributed by atoms with E-state index in [1.165, 1.54) is 0 Å². The van der Waals surface area contributed by atoms with Crippen molar-refractivity contribution in [2.24, 2.45) is 17.6 Å². The van der Waals surface area contributed by atoms with Crippen LogP contribution in [0, 0.1) is 11.8 Å². The van der Waals surface area contributed by atoms with Gasteiger partial charge in [-0.2, -0.15) is 0 Å². The molecule has 1 saturated carbocycles. The van der Waals surface area contributed by atoms with Crippen LogP contribution >= 0.6 is 0 Å². The molecule has 2 amide bonds. The first-order valence-electron chi connectivity index (χ1n) is 6.21. The summed E-state index contributed by atoms with van der Waals surface area (Å²) in [5.41, 5.74) is 5.25. The standard InChI is InChI=1S/C12H20N2O4/c1-3-18-9(15)6-7(2)10(11(13)16)14-12(17)8-4-5-8/h7-8,10H,3-6H2,1-2H3,(H2,13,16)(H,14,17)/t7-,10+/m1/s1. The number of carbonyl (C=O) groups excluding carboxylic acids is 3. The Balaban J connectivity index is 2.51. The zero-order valence-corrected chi connectivity index (χ0v) is 10.8. The van der Waals surface area contributed by atoms with E-state index >= 15 is 0 Å². The van der Waals surface area contributed by atoms with E-state index in [0.29, 0.717) is 6.61 Å². The molecule has 102 valence electrons. The van der Waals surface area contributed by atoms with Crippen LogP contribution in [0.25, 0.3) is 0 Å². The molecule has 6 nitrogen and oxygen atoms in total. The van der Waals surface area contributed by atoms with Crippen LogP contribution in [0.2, 0.25) is 0 Å². The van der Waals surface area contributed by atoms with Gasteiger partial charge < -0.3 is 15.8 Å². The van der Waals surface area contributed by atoms with Crippen LogP contribution in [0.5, 0.6) is 0 Å². The maximum atomic E-state index is 11.6. The molecule has 0 aliphatic heterocycles.